The summed E-state index contributed by atoms with van der Waals surface area (Å²) in [5, 5.41) is 10.6. The number of non-ortho nitro benzene ring substituents is 1. The molecule has 0 saturated carbocycles. The number of hydrogen-bond acceptors (Lipinski definition) is 4. The second kappa shape index (κ2) is 5.12. The van der Waals surface area contributed by atoms with Gasteiger partial charge in [-0.1, -0.05) is 23.2 Å². The summed E-state index contributed by atoms with van der Waals surface area (Å²) >= 11 is 11.6. The fraction of sp³-hybridized carbons (Fsp3) is 0.364. The highest BCUT2D eigenvalue weighted by Gasteiger charge is 2.24. The van der Waals surface area contributed by atoms with Crippen molar-refractivity contribution < 1.29 is 14.5 Å². The topological polar surface area (TPSA) is 69.4 Å². The second-order valence-corrected chi connectivity index (χ2v) is 5.33. The van der Waals surface area contributed by atoms with E-state index in [0.717, 1.165) is 12.1 Å². The van der Waals surface area contributed by atoms with Crippen LogP contribution in [0.3, 0.4) is 0 Å². The van der Waals surface area contributed by atoms with Crippen LogP contribution in [0, 0.1) is 10.1 Å². The Bertz CT molecular complexity index is 509. The van der Waals surface area contributed by atoms with Gasteiger partial charge in [0, 0.05) is 12.1 Å². The summed E-state index contributed by atoms with van der Waals surface area (Å²) in [5.41, 5.74) is -1.16. The Labute approximate surface area is 114 Å². The minimum Gasteiger partial charge on any atom is -0.456 e. The summed E-state index contributed by atoms with van der Waals surface area (Å²) in [6, 6.07) is 2.13. The quantitative estimate of drug-likeness (QED) is 0.471. The number of rotatable bonds is 2. The highest BCUT2D eigenvalue weighted by atomic mass is 35.5. The zero-order chi connectivity index (χ0) is 14.1. The summed E-state index contributed by atoms with van der Waals surface area (Å²) < 4.78 is 5.09. The number of carbonyl (C=O) groups excluding carboxylic acids is 1. The van der Waals surface area contributed by atoms with E-state index < -0.39 is 16.5 Å². The molecular formula is C11H11Cl2NO4. The molecule has 0 heterocycles. The first kappa shape index (κ1) is 14.7. The lowest BCUT2D eigenvalue weighted by Crippen LogP contribution is -2.24. The summed E-state index contributed by atoms with van der Waals surface area (Å²) in [4.78, 5) is 21.8. The normalized spacial score (nSPS) is 11.2. The number of hydrogen-bond donors (Lipinski definition) is 0. The van der Waals surface area contributed by atoms with Crippen LogP contribution < -0.4 is 0 Å². The highest BCUT2D eigenvalue weighted by Crippen LogP contribution is 2.31. The van der Waals surface area contributed by atoms with Crippen LogP contribution in [-0.4, -0.2) is 16.5 Å². The van der Waals surface area contributed by atoms with Crippen molar-refractivity contribution >= 4 is 34.9 Å². The fourth-order valence-corrected chi connectivity index (χ4v) is 1.56. The third kappa shape index (κ3) is 3.58. The molecule has 98 valence electrons. The van der Waals surface area contributed by atoms with Crippen molar-refractivity contribution in [1.29, 1.82) is 0 Å². The molecule has 0 atom stereocenters. The van der Waals surface area contributed by atoms with Gasteiger partial charge in [0.2, 0.25) is 0 Å². The van der Waals surface area contributed by atoms with E-state index in [1.54, 1.807) is 20.8 Å². The van der Waals surface area contributed by atoms with Gasteiger partial charge in [-0.15, -0.1) is 0 Å². The molecule has 0 fully saturated rings. The number of nitro benzene ring substituents is 1. The molecule has 0 aliphatic heterocycles. The first-order chi connectivity index (χ1) is 8.11. The van der Waals surface area contributed by atoms with E-state index in [1.165, 1.54) is 0 Å². The standard InChI is InChI=1S/C11H11Cl2NO4/c1-11(2,3)18-10(15)7-4-6(14(16)17)5-8(12)9(7)13/h4-5H,1-3H3. The maximum Gasteiger partial charge on any atom is 0.340 e. The molecule has 0 aliphatic rings. The van der Waals surface area contributed by atoms with E-state index in [0.29, 0.717) is 0 Å². The predicted molar refractivity (Wildman–Crippen MR) is 68.3 cm³/mol. The van der Waals surface area contributed by atoms with Crippen molar-refractivity contribution in [2.24, 2.45) is 0 Å². The Balaban J connectivity index is 3.23. The third-order valence-corrected chi connectivity index (χ3v) is 2.64. The van der Waals surface area contributed by atoms with Crippen molar-refractivity contribution in [1.82, 2.24) is 0 Å². The van der Waals surface area contributed by atoms with Crippen molar-refractivity contribution in [2.75, 3.05) is 0 Å². The SMILES string of the molecule is CC(C)(C)OC(=O)c1cc([N+](=O)[O-])cc(Cl)c1Cl. The summed E-state index contributed by atoms with van der Waals surface area (Å²) in [7, 11) is 0. The lowest BCUT2D eigenvalue weighted by molar-refractivity contribution is -0.384. The molecule has 0 aliphatic carbocycles. The minimum atomic E-state index is -0.752. The lowest BCUT2D eigenvalue weighted by atomic mass is 10.1. The molecule has 5 nitrogen and oxygen atoms in total. The number of nitro groups is 1. The summed E-state index contributed by atoms with van der Waals surface area (Å²) in [6.45, 7) is 5.04. The van der Waals surface area contributed by atoms with Gasteiger partial charge in [-0.2, -0.15) is 0 Å². The lowest BCUT2D eigenvalue weighted by Gasteiger charge is -2.19. The van der Waals surface area contributed by atoms with Crippen LogP contribution in [-0.2, 0) is 4.74 Å². The van der Waals surface area contributed by atoms with Crippen molar-refractivity contribution in [3.05, 3.63) is 37.9 Å². The maximum absolute atomic E-state index is 11.8. The molecule has 1 rings (SSSR count). The van der Waals surface area contributed by atoms with E-state index in [-0.39, 0.29) is 21.3 Å². The Hall–Kier alpha value is -1.33. The van der Waals surface area contributed by atoms with Crippen LogP contribution in [0.1, 0.15) is 31.1 Å². The van der Waals surface area contributed by atoms with Crippen molar-refractivity contribution in [2.45, 2.75) is 26.4 Å². The van der Waals surface area contributed by atoms with Crippen molar-refractivity contribution in [3.8, 4) is 0 Å². The van der Waals surface area contributed by atoms with E-state index in [4.69, 9.17) is 27.9 Å². The van der Waals surface area contributed by atoms with Gasteiger partial charge in [-0.25, -0.2) is 4.79 Å². The zero-order valence-corrected chi connectivity index (χ0v) is 11.5. The average Bonchev–Trinajstić information content (AvgIpc) is 2.18. The van der Waals surface area contributed by atoms with Crippen LogP contribution in [0.2, 0.25) is 10.0 Å². The smallest absolute Gasteiger partial charge is 0.340 e. The van der Waals surface area contributed by atoms with Crippen LogP contribution in [0.4, 0.5) is 5.69 Å². The molecule has 0 unspecified atom stereocenters. The first-order valence-electron chi connectivity index (χ1n) is 4.98. The largest absolute Gasteiger partial charge is 0.456 e. The molecule has 0 saturated heterocycles. The third-order valence-electron chi connectivity index (χ3n) is 1.84. The van der Waals surface area contributed by atoms with E-state index >= 15 is 0 Å². The highest BCUT2D eigenvalue weighted by molar-refractivity contribution is 6.43. The van der Waals surface area contributed by atoms with Gasteiger partial charge in [0.05, 0.1) is 20.5 Å². The molecule has 7 heteroatoms. The van der Waals surface area contributed by atoms with Gasteiger partial charge in [-0.05, 0) is 20.8 Å². The van der Waals surface area contributed by atoms with Gasteiger partial charge in [0.1, 0.15) is 5.60 Å². The molecule has 18 heavy (non-hydrogen) atoms. The van der Waals surface area contributed by atoms with Gasteiger partial charge in [0.25, 0.3) is 5.69 Å². The second-order valence-electron chi connectivity index (χ2n) is 4.55. The molecule has 1 aromatic rings. The summed E-state index contributed by atoms with van der Waals surface area (Å²) in [5.74, 6) is -0.752. The Morgan fingerprint density at radius 3 is 2.33 bits per heavy atom. The molecule has 0 spiro atoms. The first-order valence-corrected chi connectivity index (χ1v) is 5.74. The Morgan fingerprint density at radius 1 is 1.33 bits per heavy atom. The van der Waals surface area contributed by atoms with E-state index in [2.05, 4.69) is 0 Å². The number of halogens is 2. The number of esters is 1. The molecule has 0 radical (unpaired) electrons. The molecule has 0 amide bonds. The maximum atomic E-state index is 11.8. The molecule has 0 aromatic heterocycles. The fourth-order valence-electron chi connectivity index (χ4n) is 1.16. The van der Waals surface area contributed by atoms with Crippen LogP contribution in [0.5, 0.6) is 0 Å². The zero-order valence-electron chi connectivity index (χ0n) is 9.99. The number of carbonyl (C=O) groups is 1. The number of nitrogens with zero attached hydrogens (tertiary/aromatic N) is 1. The van der Waals surface area contributed by atoms with Gasteiger partial charge in [0.15, 0.2) is 0 Å². The van der Waals surface area contributed by atoms with Crippen LogP contribution in [0.25, 0.3) is 0 Å². The Morgan fingerprint density at radius 2 is 1.89 bits per heavy atom. The molecule has 1 aromatic carbocycles. The van der Waals surface area contributed by atoms with E-state index in [9.17, 15) is 14.9 Å². The predicted octanol–water partition coefficient (Wildman–Crippen LogP) is 3.86. The monoisotopic (exact) mass is 291 g/mol. The minimum absolute atomic E-state index is 0.0588. The van der Waals surface area contributed by atoms with Crippen LogP contribution in [0.15, 0.2) is 12.1 Å². The molecule has 0 bridgehead atoms. The van der Waals surface area contributed by atoms with Crippen LogP contribution >= 0.6 is 23.2 Å². The van der Waals surface area contributed by atoms with Gasteiger partial charge in [-0.3, -0.25) is 10.1 Å². The van der Waals surface area contributed by atoms with Gasteiger partial charge < -0.3 is 4.74 Å². The number of ether oxygens (including phenoxy) is 1. The molecule has 0 N–H and O–H groups in total. The molecular weight excluding hydrogens is 281 g/mol. The summed E-state index contributed by atoms with van der Waals surface area (Å²) in [6.07, 6.45) is 0. The van der Waals surface area contributed by atoms with Crippen molar-refractivity contribution in [3.63, 3.8) is 0 Å². The Kier molecular flexibility index (Phi) is 4.19. The van der Waals surface area contributed by atoms with E-state index in [1.807, 2.05) is 0 Å². The van der Waals surface area contributed by atoms with Gasteiger partial charge >= 0.3 is 5.97 Å². The number of benzene rings is 1. The average molecular weight is 292 g/mol.